The van der Waals surface area contributed by atoms with Crippen molar-refractivity contribution < 1.29 is 23.8 Å². The molecule has 0 aliphatic carbocycles. The summed E-state index contributed by atoms with van der Waals surface area (Å²) in [5.41, 5.74) is 3.10. The van der Waals surface area contributed by atoms with Crippen molar-refractivity contribution in [2.75, 3.05) is 13.2 Å². The summed E-state index contributed by atoms with van der Waals surface area (Å²) >= 11 is 0. The van der Waals surface area contributed by atoms with Crippen LogP contribution in [0.4, 0.5) is 0 Å². The van der Waals surface area contributed by atoms with Crippen LogP contribution in [0.3, 0.4) is 0 Å². The molecule has 29 heavy (non-hydrogen) atoms. The second-order valence-electron chi connectivity index (χ2n) is 6.66. The highest BCUT2D eigenvalue weighted by atomic mass is 16.6. The fourth-order valence-corrected chi connectivity index (χ4v) is 3.40. The van der Waals surface area contributed by atoms with Gasteiger partial charge in [0.25, 0.3) is 0 Å². The summed E-state index contributed by atoms with van der Waals surface area (Å²) in [7, 11) is 0. The van der Waals surface area contributed by atoms with E-state index in [1.165, 1.54) is 6.26 Å². The van der Waals surface area contributed by atoms with Crippen molar-refractivity contribution >= 4 is 22.7 Å². The number of aryl methyl sites for hydroxylation is 1. The summed E-state index contributed by atoms with van der Waals surface area (Å²) < 4.78 is 16.0. The van der Waals surface area contributed by atoms with E-state index in [0.717, 1.165) is 22.9 Å². The van der Waals surface area contributed by atoms with Gasteiger partial charge in [0.1, 0.15) is 19.5 Å². The second kappa shape index (κ2) is 8.22. The molecule has 1 aromatic heterocycles. The molecule has 2 aromatic carbocycles. The Kier molecular flexibility index (Phi) is 5.33. The van der Waals surface area contributed by atoms with Crippen molar-refractivity contribution in [2.45, 2.75) is 19.4 Å². The average Bonchev–Trinajstić information content (AvgIpc) is 3.22. The first-order valence-corrected chi connectivity index (χ1v) is 9.52. The number of hydrogen-bond donors (Lipinski definition) is 1. The van der Waals surface area contributed by atoms with E-state index in [1.807, 2.05) is 24.3 Å². The molecule has 0 saturated heterocycles. The predicted molar refractivity (Wildman–Crippen MR) is 107 cm³/mol. The number of aromatic nitrogens is 1. The molecule has 0 saturated carbocycles. The summed E-state index contributed by atoms with van der Waals surface area (Å²) in [5.74, 6) is -1.08. The fourth-order valence-electron chi connectivity index (χ4n) is 3.40. The zero-order valence-corrected chi connectivity index (χ0v) is 16.0. The van der Waals surface area contributed by atoms with E-state index in [4.69, 9.17) is 14.2 Å². The second-order valence-corrected chi connectivity index (χ2v) is 6.66. The summed E-state index contributed by atoms with van der Waals surface area (Å²) in [5, 5.41) is 0.808. The van der Waals surface area contributed by atoms with Crippen LogP contribution in [0.5, 0.6) is 0 Å². The van der Waals surface area contributed by atoms with Crippen LogP contribution in [0.15, 0.2) is 66.7 Å². The summed E-state index contributed by atoms with van der Waals surface area (Å²) in [4.78, 5) is 29.2. The van der Waals surface area contributed by atoms with Crippen molar-refractivity contribution in [1.29, 1.82) is 0 Å². The van der Waals surface area contributed by atoms with Gasteiger partial charge < -0.3 is 19.2 Å². The molecule has 0 radical (unpaired) electrons. The Morgan fingerprint density at radius 3 is 2.66 bits per heavy atom. The van der Waals surface area contributed by atoms with Crippen LogP contribution >= 0.6 is 0 Å². The number of Topliss-reactive ketones (excluding diaryl/α,β-unsaturated/α-hetero) is 1. The molecule has 2 heterocycles. The minimum atomic E-state index is -1.10. The van der Waals surface area contributed by atoms with Crippen molar-refractivity contribution in [3.05, 3.63) is 83.4 Å². The first kappa shape index (κ1) is 18.8. The highest BCUT2D eigenvalue weighted by molar-refractivity contribution is 6.11. The Labute approximate surface area is 168 Å². The SMILES string of the molecule is CCc1cccc2c(C(=O)[C@H](OC(=O)C3=COCCO3)c3ccccc3)c[nH]c12. The van der Waals surface area contributed by atoms with Gasteiger partial charge in [-0.1, -0.05) is 55.5 Å². The average molecular weight is 391 g/mol. The van der Waals surface area contributed by atoms with Crippen molar-refractivity contribution in [1.82, 2.24) is 4.98 Å². The van der Waals surface area contributed by atoms with Gasteiger partial charge in [0.15, 0.2) is 6.10 Å². The molecule has 1 N–H and O–H groups in total. The number of carbonyl (C=O) groups excluding carboxylic acids is 2. The Hall–Kier alpha value is -3.54. The lowest BCUT2D eigenvalue weighted by molar-refractivity contribution is -0.148. The quantitative estimate of drug-likeness (QED) is 0.506. The number of H-pyrrole nitrogens is 1. The number of nitrogens with one attached hydrogen (secondary N) is 1. The zero-order chi connectivity index (χ0) is 20.2. The highest BCUT2D eigenvalue weighted by Gasteiger charge is 2.30. The van der Waals surface area contributed by atoms with Crippen LogP contribution in [-0.4, -0.2) is 30.0 Å². The summed E-state index contributed by atoms with van der Waals surface area (Å²) in [6.45, 7) is 2.69. The molecular formula is C23H21NO5. The molecule has 1 aliphatic rings. The lowest BCUT2D eigenvalue weighted by Crippen LogP contribution is -2.23. The zero-order valence-electron chi connectivity index (χ0n) is 16.0. The van der Waals surface area contributed by atoms with Gasteiger partial charge in [0.2, 0.25) is 11.5 Å². The van der Waals surface area contributed by atoms with Crippen molar-refractivity contribution in [2.24, 2.45) is 0 Å². The number of rotatable bonds is 6. The molecule has 6 nitrogen and oxygen atoms in total. The van der Waals surface area contributed by atoms with Crippen LogP contribution < -0.4 is 0 Å². The minimum absolute atomic E-state index is 0.0443. The van der Waals surface area contributed by atoms with Gasteiger partial charge in [0.05, 0.1) is 0 Å². The van der Waals surface area contributed by atoms with E-state index in [2.05, 4.69) is 11.9 Å². The van der Waals surface area contributed by atoms with Crippen molar-refractivity contribution in [3.63, 3.8) is 0 Å². The number of hydrogen-bond acceptors (Lipinski definition) is 5. The number of esters is 1. The molecule has 148 valence electrons. The van der Waals surface area contributed by atoms with E-state index in [0.29, 0.717) is 17.7 Å². The van der Waals surface area contributed by atoms with Gasteiger partial charge in [-0.15, -0.1) is 0 Å². The van der Waals surface area contributed by atoms with Crippen LogP contribution in [0.25, 0.3) is 10.9 Å². The van der Waals surface area contributed by atoms with E-state index in [9.17, 15) is 9.59 Å². The smallest absolute Gasteiger partial charge is 0.377 e. The molecular weight excluding hydrogens is 370 g/mol. The molecule has 1 aliphatic heterocycles. The fraction of sp³-hybridized carbons (Fsp3) is 0.217. The van der Waals surface area contributed by atoms with Gasteiger partial charge in [0, 0.05) is 28.2 Å². The molecule has 0 unspecified atom stereocenters. The van der Waals surface area contributed by atoms with Crippen LogP contribution in [-0.2, 0) is 25.4 Å². The number of aromatic amines is 1. The van der Waals surface area contributed by atoms with Gasteiger partial charge in [-0.05, 0) is 12.0 Å². The van der Waals surface area contributed by atoms with Crippen LogP contribution in [0, 0.1) is 0 Å². The number of benzene rings is 2. The van der Waals surface area contributed by atoms with Gasteiger partial charge >= 0.3 is 5.97 Å². The van der Waals surface area contributed by atoms with Crippen LogP contribution in [0.1, 0.15) is 34.5 Å². The molecule has 0 spiro atoms. The first-order chi connectivity index (χ1) is 14.2. The van der Waals surface area contributed by atoms with Gasteiger partial charge in [-0.3, -0.25) is 4.79 Å². The standard InChI is InChI=1S/C23H21NO5/c1-2-15-9-6-10-17-18(13-24-20(15)17)21(25)22(16-7-4-3-5-8-16)29-23(26)19-14-27-11-12-28-19/h3-10,13-14,22,24H,2,11-12H2,1H3/t22-/m1/s1. The van der Waals surface area contributed by atoms with Crippen LogP contribution in [0.2, 0.25) is 0 Å². The van der Waals surface area contributed by atoms with E-state index < -0.39 is 12.1 Å². The minimum Gasteiger partial charge on any atom is -0.493 e. The Balaban J connectivity index is 1.71. The first-order valence-electron chi connectivity index (χ1n) is 9.52. The molecule has 1 atom stereocenters. The monoisotopic (exact) mass is 391 g/mol. The van der Waals surface area contributed by atoms with Crippen molar-refractivity contribution in [3.8, 4) is 0 Å². The molecule has 0 bridgehead atoms. The van der Waals surface area contributed by atoms with Gasteiger partial charge in [-0.25, -0.2) is 4.79 Å². The van der Waals surface area contributed by atoms with Gasteiger partial charge in [-0.2, -0.15) is 0 Å². The Morgan fingerprint density at radius 2 is 1.93 bits per heavy atom. The molecule has 3 aromatic rings. The number of fused-ring (bicyclic) bond motifs is 1. The lowest BCUT2D eigenvalue weighted by atomic mass is 9.98. The number of para-hydroxylation sites is 1. The molecule has 4 rings (SSSR count). The van der Waals surface area contributed by atoms with E-state index in [1.54, 1.807) is 30.5 Å². The van der Waals surface area contributed by atoms with E-state index >= 15 is 0 Å². The molecule has 0 fully saturated rings. The third-order valence-corrected chi connectivity index (χ3v) is 4.86. The molecule has 6 heteroatoms. The highest BCUT2D eigenvalue weighted by Crippen LogP contribution is 2.29. The number of ether oxygens (including phenoxy) is 3. The molecule has 0 amide bonds. The number of ketones is 1. The Bertz CT molecular complexity index is 1070. The summed E-state index contributed by atoms with van der Waals surface area (Å²) in [6.07, 6.45) is 2.64. The largest absolute Gasteiger partial charge is 0.493 e. The summed E-state index contributed by atoms with van der Waals surface area (Å²) in [6, 6.07) is 14.8. The lowest BCUT2D eigenvalue weighted by Gasteiger charge is -2.19. The Morgan fingerprint density at radius 1 is 1.10 bits per heavy atom. The van der Waals surface area contributed by atoms with E-state index in [-0.39, 0.29) is 18.1 Å². The predicted octanol–water partition coefficient (Wildman–Crippen LogP) is 4.09. The third kappa shape index (κ3) is 3.74. The maximum atomic E-state index is 13.4. The maximum Gasteiger partial charge on any atom is 0.377 e. The normalized spacial score (nSPS) is 14.4. The third-order valence-electron chi connectivity index (χ3n) is 4.86. The maximum absolute atomic E-state index is 13.4. The topological polar surface area (TPSA) is 77.6 Å². The number of carbonyl (C=O) groups is 2.